The van der Waals surface area contributed by atoms with Gasteiger partial charge in [-0.25, -0.2) is 0 Å². The molecule has 0 aromatic heterocycles. The highest BCUT2D eigenvalue weighted by Crippen LogP contribution is 2.24. The summed E-state index contributed by atoms with van der Waals surface area (Å²) in [5, 5.41) is 7.79. The number of benzene rings is 2. The van der Waals surface area contributed by atoms with Gasteiger partial charge in [0.15, 0.2) is 5.11 Å². The lowest BCUT2D eigenvalue weighted by Crippen LogP contribution is -2.29. The molecule has 0 saturated carbocycles. The summed E-state index contributed by atoms with van der Waals surface area (Å²) in [6.45, 7) is 1.55. The van der Waals surface area contributed by atoms with Crippen LogP contribution in [0.15, 0.2) is 48.5 Å². The van der Waals surface area contributed by atoms with Crippen molar-refractivity contribution in [2.24, 2.45) is 0 Å². The summed E-state index contributed by atoms with van der Waals surface area (Å²) in [4.78, 5) is 13.7. The molecule has 0 radical (unpaired) electrons. The zero-order valence-corrected chi connectivity index (χ0v) is 16.1. The summed E-state index contributed by atoms with van der Waals surface area (Å²) < 4.78 is 0. The normalized spacial score (nSPS) is 13.7. The zero-order valence-electron chi connectivity index (χ0n) is 14.5. The zero-order chi connectivity index (χ0) is 18.4. The second kappa shape index (κ2) is 9.01. The molecule has 2 aromatic rings. The third kappa shape index (κ3) is 4.96. The Hall–Kier alpha value is -2.11. The van der Waals surface area contributed by atoms with Crippen LogP contribution in [0, 0.1) is 0 Å². The monoisotopic (exact) mass is 387 g/mol. The van der Waals surface area contributed by atoms with Gasteiger partial charge in [0.05, 0.1) is 0 Å². The van der Waals surface area contributed by atoms with Crippen molar-refractivity contribution < 1.29 is 4.79 Å². The molecule has 2 aromatic carbocycles. The first-order valence-corrected chi connectivity index (χ1v) is 9.61. The molecule has 4 nitrogen and oxygen atoms in total. The van der Waals surface area contributed by atoms with Gasteiger partial charge in [-0.1, -0.05) is 35.9 Å². The van der Waals surface area contributed by atoms with Gasteiger partial charge in [-0.2, -0.15) is 0 Å². The highest BCUT2D eigenvalue weighted by molar-refractivity contribution is 7.80. The van der Waals surface area contributed by atoms with E-state index in [4.69, 9.17) is 23.8 Å². The maximum Gasteiger partial charge on any atom is 0.227 e. The SMILES string of the molecule is O=C1CCCN1c1cccc(NC(=S)NCCCc2ccccc2Cl)c1. The molecule has 0 spiro atoms. The van der Waals surface area contributed by atoms with Crippen LogP contribution in [0.3, 0.4) is 0 Å². The Balaban J connectivity index is 1.46. The van der Waals surface area contributed by atoms with Crippen molar-refractivity contribution in [2.45, 2.75) is 25.7 Å². The van der Waals surface area contributed by atoms with E-state index in [9.17, 15) is 4.79 Å². The minimum absolute atomic E-state index is 0.183. The summed E-state index contributed by atoms with van der Waals surface area (Å²) in [5.41, 5.74) is 2.95. The summed E-state index contributed by atoms with van der Waals surface area (Å²) in [5.74, 6) is 0.183. The fraction of sp³-hybridized carbons (Fsp3) is 0.300. The number of hydrogen-bond donors (Lipinski definition) is 2. The number of nitrogens with one attached hydrogen (secondary N) is 2. The van der Waals surface area contributed by atoms with Gasteiger partial charge in [-0.3, -0.25) is 4.79 Å². The smallest absolute Gasteiger partial charge is 0.227 e. The average Bonchev–Trinajstić information content (AvgIpc) is 3.06. The highest BCUT2D eigenvalue weighted by atomic mass is 35.5. The van der Waals surface area contributed by atoms with Crippen LogP contribution in [-0.4, -0.2) is 24.1 Å². The first-order chi connectivity index (χ1) is 12.6. The fourth-order valence-corrected chi connectivity index (χ4v) is 3.48. The van der Waals surface area contributed by atoms with Crippen molar-refractivity contribution in [1.82, 2.24) is 5.32 Å². The number of hydrogen-bond acceptors (Lipinski definition) is 2. The lowest BCUT2D eigenvalue weighted by molar-refractivity contribution is -0.117. The first kappa shape index (κ1) is 18.7. The number of halogens is 1. The predicted molar refractivity (Wildman–Crippen MR) is 112 cm³/mol. The Morgan fingerprint density at radius 2 is 2.04 bits per heavy atom. The Labute approximate surface area is 164 Å². The van der Waals surface area contributed by atoms with Crippen molar-refractivity contribution in [1.29, 1.82) is 0 Å². The Kier molecular flexibility index (Phi) is 6.47. The van der Waals surface area contributed by atoms with Gasteiger partial charge in [-0.15, -0.1) is 0 Å². The first-order valence-electron chi connectivity index (χ1n) is 8.82. The van der Waals surface area contributed by atoms with E-state index in [-0.39, 0.29) is 5.91 Å². The molecule has 0 unspecified atom stereocenters. The summed E-state index contributed by atoms with van der Waals surface area (Å²) in [7, 11) is 0. The Morgan fingerprint density at radius 3 is 2.81 bits per heavy atom. The van der Waals surface area contributed by atoms with Gasteiger partial charge in [0.1, 0.15) is 0 Å². The van der Waals surface area contributed by atoms with Crippen molar-refractivity contribution in [3.8, 4) is 0 Å². The van der Waals surface area contributed by atoms with Crippen LogP contribution in [0.1, 0.15) is 24.8 Å². The molecular weight excluding hydrogens is 366 g/mol. The van der Waals surface area contributed by atoms with Gasteiger partial charge in [0.2, 0.25) is 5.91 Å². The van der Waals surface area contributed by atoms with Crippen LogP contribution < -0.4 is 15.5 Å². The molecule has 1 aliphatic heterocycles. The number of carbonyl (C=O) groups excluding carboxylic acids is 1. The number of anilines is 2. The van der Waals surface area contributed by atoms with Crippen LogP contribution in [0.2, 0.25) is 5.02 Å². The number of thiocarbonyl (C=S) groups is 1. The third-order valence-electron chi connectivity index (χ3n) is 4.36. The minimum atomic E-state index is 0.183. The van der Waals surface area contributed by atoms with Crippen LogP contribution in [-0.2, 0) is 11.2 Å². The molecule has 136 valence electrons. The van der Waals surface area contributed by atoms with Crippen molar-refractivity contribution in [3.05, 3.63) is 59.1 Å². The van der Waals surface area contributed by atoms with Crippen molar-refractivity contribution in [3.63, 3.8) is 0 Å². The van der Waals surface area contributed by atoms with Gasteiger partial charge in [0, 0.05) is 35.9 Å². The van der Waals surface area contributed by atoms with Gasteiger partial charge < -0.3 is 15.5 Å². The standard InChI is InChI=1S/C20H22ClN3OS/c21-18-10-2-1-6-15(18)7-4-12-22-20(26)23-16-8-3-9-17(14-16)24-13-5-11-19(24)25/h1-3,6,8-10,14H,4-5,7,11-13H2,(H2,22,23,26). The van der Waals surface area contributed by atoms with Crippen LogP contribution in [0.4, 0.5) is 11.4 Å². The maximum absolute atomic E-state index is 11.9. The molecule has 1 heterocycles. The predicted octanol–water partition coefficient (Wildman–Crippen LogP) is 4.39. The van der Waals surface area contributed by atoms with Crippen LogP contribution in [0.5, 0.6) is 0 Å². The Morgan fingerprint density at radius 1 is 1.19 bits per heavy atom. The van der Waals surface area contributed by atoms with E-state index in [0.717, 1.165) is 54.3 Å². The number of amides is 1. The molecule has 2 N–H and O–H groups in total. The van der Waals surface area contributed by atoms with Crippen molar-refractivity contribution in [2.75, 3.05) is 23.3 Å². The second-order valence-corrected chi connectivity index (χ2v) is 7.09. The topological polar surface area (TPSA) is 44.4 Å². The van der Waals surface area contributed by atoms with Gasteiger partial charge in [0.25, 0.3) is 0 Å². The molecule has 6 heteroatoms. The quantitative estimate of drug-likeness (QED) is 0.570. The number of nitrogens with zero attached hydrogens (tertiary/aromatic N) is 1. The van der Waals surface area contributed by atoms with E-state index >= 15 is 0 Å². The maximum atomic E-state index is 11.9. The molecule has 0 aliphatic carbocycles. The van der Waals surface area contributed by atoms with Crippen molar-refractivity contribution >= 4 is 46.2 Å². The largest absolute Gasteiger partial charge is 0.362 e. The molecule has 0 bridgehead atoms. The molecule has 1 amide bonds. The average molecular weight is 388 g/mol. The Bertz CT molecular complexity index is 796. The highest BCUT2D eigenvalue weighted by Gasteiger charge is 2.21. The lowest BCUT2D eigenvalue weighted by atomic mass is 10.1. The van der Waals surface area contributed by atoms with E-state index in [0.29, 0.717) is 11.5 Å². The molecule has 1 fully saturated rings. The number of rotatable bonds is 6. The second-order valence-electron chi connectivity index (χ2n) is 6.28. The van der Waals surface area contributed by atoms with Gasteiger partial charge >= 0.3 is 0 Å². The van der Waals surface area contributed by atoms with E-state index in [2.05, 4.69) is 10.6 Å². The molecule has 1 saturated heterocycles. The summed E-state index contributed by atoms with van der Waals surface area (Å²) in [6.07, 6.45) is 3.39. The van der Waals surface area contributed by atoms with Crippen LogP contribution >= 0.6 is 23.8 Å². The van der Waals surface area contributed by atoms with E-state index < -0.39 is 0 Å². The van der Waals surface area contributed by atoms with Crippen LogP contribution in [0.25, 0.3) is 0 Å². The summed E-state index contributed by atoms with van der Waals surface area (Å²) in [6, 6.07) is 15.7. The molecule has 0 atom stereocenters. The number of carbonyl (C=O) groups is 1. The van der Waals surface area contributed by atoms with E-state index in [1.54, 1.807) is 0 Å². The summed E-state index contributed by atoms with van der Waals surface area (Å²) >= 11 is 11.5. The molecular formula is C20H22ClN3OS. The molecule has 1 aliphatic rings. The lowest BCUT2D eigenvalue weighted by Gasteiger charge is -2.17. The molecule has 3 rings (SSSR count). The molecule has 26 heavy (non-hydrogen) atoms. The van der Waals surface area contributed by atoms with E-state index in [1.807, 2.05) is 53.4 Å². The number of aryl methyl sites for hydroxylation is 1. The van der Waals surface area contributed by atoms with Gasteiger partial charge in [-0.05, 0) is 61.3 Å². The van der Waals surface area contributed by atoms with E-state index in [1.165, 1.54) is 0 Å². The fourth-order valence-electron chi connectivity index (χ4n) is 3.03. The minimum Gasteiger partial charge on any atom is -0.362 e. The third-order valence-corrected chi connectivity index (χ3v) is 4.97.